The fourth-order valence-corrected chi connectivity index (χ4v) is 4.44. The van der Waals surface area contributed by atoms with Gasteiger partial charge in [0.15, 0.2) is 0 Å². The van der Waals surface area contributed by atoms with E-state index in [1.165, 1.54) is 4.90 Å². The van der Waals surface area contributed by atoms with Gasteiger partial charge in [-0.1, -0.05) is 42.5 Å². The molecule has 0 aliphatic carbocycles. The largest absolute Gasteiger partial charge is 0.507 e. The number of hydrogen-bond acceptors (Lipinski definition) is 5. The van der Waals surface area contributed by atoms with Gasteiger partial charge in [0.05, 0.1) is 25.3 Å². The van der Waals surface area contributed by atoms with Crippen molar-refractivity contribution in [3.8, 4) is 11.5 Å². The van der Waals surface area contributed by atoms with E-state index in [0.29, 0.717) is 17.9 Å². The maximum atomic E-state index is 13.2. The maximum Gasteiger partial charge on any atom is 0.295 e. The van der Waals surface area contributed by atoms with Crippen LogP contribution in [0.3, 0.4) is 0 Å². The van der Waals surface area contributed by atoms with Gasteiger partial charge in [-0.15, -0.1) is 0 Å². The molecular weight excluding hydrogens is 418 g/mol. The number of ketones is 1. The van der Waals surface area contributed by atoms with Crippen molar-refractivity contribution in [2.45, 2.75) is 19.0 Å². The van der Waals surface area contributed by atoms with Crippen LogP contribution in [0.25, 0.3) is 5.76 Å². The summed E-state index contributed by atoms with van der Waals surface area (Å²) >= 11 is 0. The Bertz CT molecular complexity index is 1250. The van der Waals surface area contributed by atoms with Crippen LogP contribution in [0.4, 0.5) is 0 Å². The number of methoxy groups -OCH3 is 1. The number of Topliss-reactive ketones (excluding diaryl/α,β-unsaturated/α-hetero) is 1. The number of amides is 1. The summed E-state index contributed by atoms with van der Waals surface area (Å²) in [5.41, 5.74) is 3.19. The minimum atomic E-state index is -0.696. The minimum Gasteiger partial charge on any atom is -0.507 e. The van der Waals surface area contributed by atoms with Crippen molar-refractivity contribution in [2.24, 2.45) is 0 Å². The molecule has 1 fully saturated rings. The van der Waals surface area contributed by atoms with E-state index in [2.05, 4.69) is 0 Å². The first kappa shape index (κ1) is 20.8. The highest BCUT2D eigenvalue weighted by Crippen LogP contribution is 2.41. The molecule has 2 heterocycles. The Balaban J connectivity index is 1.59. The van der Waals surface area contributed by atoms with E-state index < -0.39 is 17.7 Å². The van der Waals surface area contributed by atoms with Crippen LogP contribution in [0.1, 0.15) is 28.3 Å². The molecule has 1 saturated heterocycles. The molecule has 2 aliphatic rings. The van der Waals surface area contributed by atoms with Crippen molar-refractivity contribution < 1.29 is 24.2 Å². The molecule has 6 heteroatoms. The van der Waals surface area contributed by atoms with Crippen LogP contribution in [-0.2, 0) is 22.6 Å². The monoisotopic (exact) mass is 441 g/mol. The second kappa shape index (κ2) is 8.47. The summed E-state index contributed by atoms with van der Waals surface area (Å²) in [4.78, 5) is 27.8. The summed E-state index contributed by atoms with van der Waals surface area (Å²) in [6, 6.07) is 21.3. The normalized spacial score (nSPS) is 18.8. The Hall–Kier alpha value is -4.06. The zero-order chi connectivity index (χ0) is 22.9. The molecule has 1 N–H and O–H groups in total. The fraction of sp³-hybridized carbons (Fsp3) is 0.185. The van der Waals surface area contributed by atoms with E-state index in [-0.39, 0.29) is 17.9 Å². The highest BCUT2D eigenvalue weighted by atomic mass is 16.5. The first-order valence-electron chi connectivity index (χ1n) is 10.8. The number of hydrogen-bond donors (Lipinski definition) is 1. The third-order valence-electron chi connectivity index (χ3n) is 6.13. The average molecular weight is 441 g/mol. The number of carbonyl (C=O) groups excluding carboxylic acids is 2. The number of carbonyl (C=O) groups is 2. The Morgan fingerprint density at radius 1 is 1.06 bits per heavy atom. The molecule has 0 saturated carbocycles. The second-order valence-corrected chi connectivity index (χ2v) is 8.11. The van der Waals surface area contributed by atoms with Gasteiger partial charge in [0.2, 0.25) is 0 Å². The van der Waals surface area contributed by atoms with E-state index in [1.54, 1.807) is 19.2 Å². The Morgan fingerprint density at radius 3 is 2.55 bits per heavy atom. The zero-order valence-electron chi connectivity index (χ0n) is 18.2. The van der Waals surface area contributed by atoms with Gasteiger partial charge < -0.3 is 19.5 Å². The lowest BCUT2D eigenvalue weighted by atomic mass is 9.94. The number of rotatable bonds is 5. The highest BCUT2D eigenvalue weighted by Gasteiger charge is 2.46. The number of ether oxygens (including phenoxy) is 2. The standard InChI is InChI=1S/C27H23NO5/c1-32-21-10-7-17(8-11-21)16-28-24(18-5-3-2-4-6-18)23(26(30)27(28)31)25(29)20-9-12-22-19(15-20)13-14-33-22/h2-12,15,24,29H,13-14,16H2,1H3/b25-23-. The quantitative estimate of drug-likeness (QED) is 0.364. The van der Waals surface area contributed by atoms with Crippen molar-refractivity contribution in [2.75, 3.05) is 13.7 Å². The smallest absolute Gasteiger partial charge is 0.295 e. The molecule has 33 heavy (non-hydrogen) atoms. The number of benzene rings is 3. The minimum absolute atomic E-state index is 0.0959. The van der Waals surface area contributed by atoms with E-state index in [9.17, 15) is 14.7 Å². The third kappa shape index (κ3) is 3.74. The van der Waals surface area contributed by atoms with Gasteiger partial charge in [-0.2, -0.15) is 0 Å². The van der Waals surface area contributed by atoms with Crippen molar-refractivity contribution in [3.63, 3.8) is 0 Å². The number of nitrogens with zero attached hydrogens (tertiary/aromatic N) is 1. The van der Waals surface area contributed by atoms with Gasteiger partial charge in [0.1, 0.15) is 17.3 Å². The fourth-order valence-electron chi connectivity index (χ4n) is 4.44. The summed E-state index contributed by atoms with van der Waals surface area (Å²) in [6.45, 7) is 0.818. The van der Waals surface area contributed by atoms with Crippen molar-refractivity contribution in [3.05, 3.63) is 101 Å². The molecule has 0 radical (unpaired) electrons. The van der Waals surface area contributed by atoms with Crippen LogP contribution >= 0.6 is 0 Å². The maximum absolute atomic E-state index is 13.2. The van der Waals surface area contributed by atoms with Crippen LogP contribution in [0.15, 0.2) is 78.4 Å². The molecular formula is C27H23NO5. The summed E-state index contributed by atoms with van der Waals surface area (Å²) in [6.07, 6.45) is 0.740. The van der Waals surface area contributed by atoms with Gasteiger partial charge in [0, 0.05) is 18.5 Å². The topological polar surface area (TPSA) is 76.1 Å². The highest BCUT2D eigenvalue weighted by molar-refractivity contribution is 6.46. The average Bonchev–Trinajstić information content (AvgIpc) is 3.42. The number of aliphatic hydroxyl groups is 1. The molecule has 3 aromatic carbocycles. The van der Waals surface area contributed by atoms with Crippen LogP contribution < -0.4 is 9.47 Å². The third-order valence-corrected chi connectivity index (χ3v) is 6.13. The molecule has 0 bridgehead atoms. The van der Waals surface area contributed by atoms with E-state index in [1.807, 2.05) is 60.7 Å². The molecule has 3 aromatic rings. The molecule has 1 unspecified atom stereocenters. The van der Waals surface area contributed by atoms with Crippen molar-refractivity contribution >= 4 is 17.4 Å². The zero-order valence-corrected chi connectivity index (χ0v) is 18.2. The second-order valence-electron chi connectivity index (χ2n) is 8.11. The Labute approximate surface area is 191 Å². The van der Waals surface area contributed by atoms with Crippen LogP contribution in [0.5, 0.6) is 11.5 Å². The van der Waals surface area contributed by atoms with Crippen LogP contribution in [0.2, 0.25) is 0 Å². The van der Waals surface area contributed by atoms with Crippen LogP contribution in [-0.4, -0.2) is 35.4 Å². The lowest BCUT2D eigenvalue weighted by molar-refractivity contribution is -0.140. The van der Waals surface area contributed by atoms with Gasteiger partial charge >= 0.3 is 0 Å². The Morgan fingerprint density at radius 2 is 1.82 bits per heavy atom. The molecule has 6 nitrogen and oxygen atoms in total. The summed E-state index contributed by atoms with van der Waals surface area (Å²) in [7, 11) is 1.59. The molecule has 0 spiro atoms. The van der Waals surface area contributed by atoms with Gasteiger partial charge in [0.25, 0.3) is 11.7 Å². The predicted molar refractivity (Wildman–Crippen MR) is 123 cm³/mol. The SMILES string of the molecule is COc1ccc(CN2C(=O)C(=O)/C(=C(\O)c3ccc4c(c3)CCO4)C2c2ccccc2)cc1. The van der Waals surface area contributed by atoms with E-state index >= 15 is 0 Å². The number of aliphatic hydroxyl groups excluding tert-OH is 1. The molecule has 1 atom stereocenters. The lowest BCUT2D eigenvalue weighted by Gasteiger charge is -2.25. The summed E-state index contributed by atoms with van der Waals surface area (Å²) < 4.78 is 10.8. The van der Waals surface area contributed by atoms with Crippen LogP contribution in [0, 0.1) is 0 Å². The van der Waals surface area contributed by atoms with E-state index in [0.717, 1.165) is 28.9 Å². The predicted octanol–water partition coefficient (Wildman–Crippen LogP) is 4.25. The molecule has 0 aromatic heterocycles. The first-order valence-corrected chi connectivity index (χ1v) is 10.8. The molecule has 166 valence electrons. The number of fused-ring (bicyclic) bond motifs is 1. The van der Waals surface area contributed by atoms with Crippen molar-refractivity contribution in [1.82, 2.24) is 4.90 Å². The Kier molecular flexibility index (Phi) is 5.34. The van der Waals surface area contributed by atoms with Gasteiger partial charge in [-0.25, -0.2) is 0 Å². The van der Waals surface area contributed by atoms with Gasteiger partial charge in [-0.05, 0) is 47.0 Å². The summed E-state index contributed by atoms with van der Waals surface area (Å²) in [5.74, 6) is -0.00131. The first-order chi connectivity index (χ1) is 16.1. The molecule has 1 amide bonds. The summed E-state index contributed by atoms with van der Waals surface area (Å²) in [5, 5.41) is 11.2. The molecule has 5 rings (SSSR count). The number of likely N-dealkylation sites (tertiary alicyclic amines) is 1. The van der Waals surface area contributed by atoms with Crippen molar-refractivity contribution in [1.29, 1.82) is 0 Å². The lowest BCUT2D eigenvalue weighted by Crippen LogP contribution is -2.29. The van der Waals surface area contributed by atoms with E-state index in [4.69, 9.17) is 9.47 Å². The molecule has 2 aliphatic heterocycles. The van der Waals surface area contributed by atoms with Gasteiger partial charge in [-0.3, -0.25) is 9.59 Å².